The predicted molar refractivity (Wildman–Crippen MR) is 72.4 cm³/mol. The number of aryl methyl sites for hydroxylation is 1. The minimum absolute atomic E-state index is 0.180. The topological polar surface area (TPSA) is 96.3 Å². The highest BCUT2D eigenvalue weighted by molar-refractivity contribution is 6.00. The molecule has 2 rings (SSSR count). The molecule has 0 unspecified atom stereocenters. The van der Waals surface area contributed by atoms with E-state index in [-0.39, 0.29) is 17.8 Å². The normalized spacial score (nSPS) is 10.2. The Bertz CT molecular complexity index is 684. The van der Waals surface area contributed by atoms with E-state index in [1.54, 1.807) is 24.0 Å². The maximum Gasteiger partial charge on any atom is 0.337 e. The number of carboxylic acids is 1. The SMILES string of the molecule is Cn1nccc1CNC(=O)Nc1c(F)cccc1C(=O)O. The fourth-order valence-electron chi connectivity index (χ4n) is 1.73. The molecule has 0 saturated carbocycles. The number of para-hydroxylation sites is 1. The van der Waals surface area contributed by atoms with Gasteiger partial charge in [-0.05, 0) is 18.2 Å². The number of carboxylic acid groups (broad SMARTS) is 1. The lowest BCUT2D eigenvalue weighted by molar-refractivity contribution is 0.0697. The summed E-state index contributed by atoms with van der Waals surface area (Å²) >= 11 is 0. The Hall–Kier alpha value is -2.90. The first-order valence-corrected chi connectivity index (χ1v) is 6.02. The number of hydrogen-bond acceptors (Lipinski definition) is 3. The second-order valence-electron chi connectivity index (χ2n) is 4.22. The summed E-state index contributed by atoms with van der Waals surface area (Å²) in [4.78, 5) is 22.7. The fourth-order valence-corrected chi connectivity index (χ4v) is 1.73. The molecule has 21 heavy (non-hydrogen) atoms. The van der Waals surface area contributed by atoms with Gasteiger partial charge in [0.2, 0.25) is 0 Å². The summed E-state index contributed by atoms with van der Waals surface area (Å²) in [6.45, 7) is 0.180. The average Bonchev–Trinajstić information content (AvgIpc) is 2.84. The molecule has 1 heterocycles. The summed E-state index contributed by atoms with van der Waals surface area (Å²) < 4.78 is 15.2. The number of amides is 2. The zero-order chi connectivity index (χ0) is 15.4. The molecule has 8 heteroatoms. The second kappa shape index (κ2) is 6.04. The molecule has 0 saturated heterocycles. The molecule has 1 aromatic carbocycles. The summed E-state index contributed by atoms with van der Waals surface area (Å²) in [5.41, 5.74) is 0.0651. The number of carbonyl (C=O) groups is 2. The molecule has 0 radical (unpaired) electrons. The van der Waals surface area contributed by atoms with Crippen LogP contribution in [0.4, 0.5) is 14.9 Å². The summed E-state index contributed by atoms with van der Waals surface area (Å²) in [5.74, 6) is -2.14. The van der Waals surface area contributed by atoms with Crippen LogP contribution in [0.5, 0.6) is 0 Å². The molecule has 3 N–H and O–H groups in total. The lowest BCUT2D eigenvalue weighted by Gasteiger charge is -2.10. The fraction of sp³-hybridized carbons (Fsp3) is 0.154. The molecule has 7 nitrogen and oxygen atoms in total. The Morgan fingerprint density at radius 3 is 2.76 bits per heavy atom. The van der Waals surface area contributed by atoms with Crippen LogP contribution in [0.15, 0.2) is 30.5 Å². The number of anilines is 1. The van der Waals surface area contributed by atoms with Crippen molar-refractivity contribution in [3.63, 3.8) is 0 Å². The van der Waals surface area contributed by atoms with Crippen molar-refractivity contribution in [2.45, 2.75) is 6.54 Å². The van der Waals surface area contributed by atoms with Gasteiger partial charge in [0.1, 0.15) is 5.82 Å². The van der Waals surface area contributed by atoms with Crippen molar-refractivity contribution in [3.05, 3.63) is 47.5 Å². The average molecular weight is 292 g/mol. The standard InChI is InChI=1S/C13H13FN4O3/c1-18-8(5-6-16-18)7-15-13(21)17-11-9(12(19)20)3-2-4-10(11)14/h2-6H,7H2,1H3,(H,19,20)(H2,15,17,21). The summed E-state index contributed by atoms with van der Waals surface area (Å²) in [5, 5.41) is 17.6. The Morgan fingerprint density at radius 1 is 1.38 bits per heavy atom. The van der Waals surface area contributed by atoms with Gasteiger partial charge < -0.3 is 15.7 Å². The van der Waals surface area contributed by atoms with Crippen molar-refractivity contribution in [1.82, 2.24) is 15.1 Å². The van der Waals surface area contributed by atoms with Crippen molar-refractivity contribution in [2.24, 2.45) is 7.05 Å². The molecule has 0 aliphatic heterocycles. The van der Waals surface area contributed by atoms with Crippen LogP contribution in [0.3, 0.4) is 0 Å². The van der Waals surface area contributed by atoms with E-state index in [1.807, 2.05) is 0 Å². The minimum Gasteiger partial charge on any atom is -0.478 e. The van der Waals surface area contributed by atoms with Gasteiger partial charge in [-0.1, -0.05) is 6.07 Å². The van der Waals surface area contributed by atoms with Crippen molar-refractivity contribution >= 4 is 17.7 Å². The molecule has 0 bridgehead atoms. The lowest BCUT2D eigenvalue weighted by Crippen LogP contribution is -2.30. The highest BCUT2D eigenvalue weighted by Gasteiger charge is 2.16. The largest absolute Gasteiger partial charge is 0.478 e. The number of benzene rings is 1. The molecular weight excluding hydrogens is 279 g/mol. The highest BCUT2D eigenvalue weighted by atomic mass is 19.1. The minimum atomic E-state index is -1.32. The smallest absolute Gasteiger partial charge is 0.337 e. The predicted octanol–water partition coefficient (Wildman–Crippen LogP) is 1.58. The van der Waals surface area contributed by atoms with E-state index in [0.29, 0.717) is 0 Å². The van der Waals surface area contributed by atoms with E-state index in [9.17, 15) is 14.0 Å². The molecule has 0 atom stereocenters. The molecule has 2 aromatic rings. The molecule has 1 aromatic heterocycles. The van der Waals surface area contributed by atoms with Crippen LogP contribution in [-0.2, 0) is 13.6 Å². The zero-order valence-corrected chi connectivity index (χ0v) is 11.1. The Labute approximate surface area is 119 Å². The van der Waals surface area contributed by atoms with Gasteiger partial charge >= 0.3 is 12.0 Å². The van der Waals surface area contributed by atoms with E-state index in [4.69, 9.17) is 5.11 Å². The third-order valence-corrected chi connectivity index (χ3v) is 2.84. The third-order valence-electron chi connectivity index (χ3n) is 2.84. The first-order valence-electron chi connectivity index (χ1n) is 6.02. The van der Waals surface area contributed by atoms with Crippen LogP contribution in [0.1, 0.15) is 16.1 Å². The van der Waals surface area contributed by atoms with Gasteiger partial charge in [-0.2, -0.15) is 5.10 Å². The van der Waals surface area contributed by atoms with Crippen LogP contribution in [-0.4, -0.2) is 26.9 Å². The van der Waals surface area contributed by atoms with E-state index < -0.39 is 17.8 Å². The molecule has 0 aliphatic rings. The molecule has 0 aliphatic carbocycles. The van der Waals surface area contributed by atoms with Crippen molar-refractivity contribution in [2.75, 3.05) is 5.32 Å². The molecular formula is C13H13FN4O3. The number of halogens is 1. The maximum atomic E-state index is 13.6. The summed E-state index contributed by atoms with van der Waals surface area (Å²) in [6.07, 6.45) is 1.58. The van der Waals surface area contributed by atoms with Gasteiger partial charge in [0.05, 0.1) is 23.5 Å². The Kier molecular flexibility index (Phi) is 4.17. The van der Waals surface area contributed by atoms with Crippen LogP contribution in [0.25, 0.3) is 0 Å². The van der Waals surface area contributed by atoms with E-state index in [1.165, 1.54) is 12.1 Å². The number of urea groups is 1. The van der Waals surface area contributed by atoms with E-state index in [2.05, 4.69) is 15.7 Å². The molecule has 0 spiro atoms. The van der Waals surface area contributed by atoms with Crippen LogP contribution < -0.4 is 10.6 Å². The van der Waals surface area contributed by atoms with Gasteiger partial charge in [0.25, 0.3) is 0 Å². The number of nitrogens with zero attached hydrogens (tertiary/aromatic N) is 2. The van der Waals surface area contributed by atoms with Gasteiger partial charge in [-0.15, -0.1) is 0 Å². The van der Waals surface area contributed by atoms with E-state index in [0.717, 1.165) is 11.8 Å². The van der Waals surface area contributed by atoms with Crippen molar-refractivity contribution < 1.29 is 19.1 Å². The number of nitrogens with one attached hydrogen (secondary N) is 2. The van der Waals surface area contributed by atoms with Gasteiger partial charge in [-0.3, -0.25) is 4.68 Å². The van der Waals surface area contributed by atoms with Gasteiger partial charge in [-0.25, -0.2) is 14.0 Å². The van der Waals surface area contributed by atoms with Crippen molar-refractivity contribution in [3.8, 4) is 0 Å². The second-order valence-corrected chi connectivity index (χ2v) is 4.22. The van der Waals surface area contributed by atoms with Gasteiger partial charge in [0.15, 0.2) is 0 Å². The third kappa shape index (κ3) is 3.35. The monoisotopic (exact) mass is 292 g/mol. The Morgan fingerprint density at radius 2 is 2.14 bits per heavy atom. The van der Waals surface area contributed by atoms with Crippen LogP contribution in [0, 0.1) is 5.82 Å². The lowest BCUT2D eigenvalue weighted by atomic mass is 10.1. The van der Waals surface area contributed by atoms with E-state index >= 15 is 0 Å². The van der Waals surface area contributed by atoms with Crippen LogP contribution >= 0.6 is 0 Å². The highest BCUT2D eigenvalue weighted by Crippen LogP contribution is 2.19. The number of aromatic nitrogens is 2. The number of aromatic carboxylic acids is 1. The number of rotatable bonds is 4. The number of hydrogen-bond donors (Lipinski definition) is 3. The molecule has 0 fully saturated rings. The summed E-state index contributed by atoms with van der Waals surface area (Å²) in [6, 6.07) is 4.55. The molecule has 110 valence electrons. The zero-order valence-electron chi connectivity index (χ0n) is 11.1. The number of carbonyl (C=O) groups excluding carboxylic acids is 1. The Balaban J connectivity index is 2.06. The first-order chi connectivity index (χ1) is 9.99. The maximum absolute atomic E-state index is 13.6. The van der Waals surface area contributed by atoms with Crippen molar-refractivity contribution in [1.29, 1.82) is 0 Å². The quantitative estimate of drug-likeness (QED) is 0.797. The molecule has 2 amide bonds. The van der Waals surface area contributed by atoms with Crippen LogP contribution in [0.2, 0.25) is 0 Å². The first kappa shape index (κ1) is 14.5. The van der Waals surface area contributed by atoms with Gasteiger partial charge in [0, 0.05) is 13.2 Å². The summed E-state index contributed by atoms with van der Waals surface area (Å²) in [7, 11) is 1.72.